The van der Waals surface area contributed by atoms with Gasteiger partial charge in [0.1, 0.15) is 18.3 Å². The summed E-state index contributed by atoms with van der Waals surface area (Å²) in [6.45, 7) is 6.52. The number of carbonyl (C=O) groups excluding carboxylic acids is 2. The predicted molar refractivity (Wildman–Crippen MR) is 158 cm³/mol. The summed E-state index contributed by atoms with van der Waals surface area (Å²) in [4.78, 5) is 28.5. The smallest absolute Gasteiger partial charge is 0.264 e. The lowest BCUT2D eigenvalue weighted by molar-refractivity contribution is -0.140. The molecule has 0 bridgehead atoms. The van der Waals surface area contributed by atoms with E-state index in [4.69, 9.17) is 27.9 Å². The fraction of sp³-hybridized carbons (Fsp3) is 0.310. The van der Waals surface area contributed by atoms with Crippen LogP contribution >= 0.6 is 23.2 Å². The molecule has 1 atom stereocenters. The molecule has 2 amide bonds. The first-order valence-corrected chi connectivity index (χ1v) is 14.7. The zero-order valence-electron chi connectivity index (χ0n) is 23.0. The maximum absolute atomic E-state index is 14.0. The molecule has 0 heterocycles. The van der Waals surface area contributed by atoms with E-state index < -0.39 is 34.1 Å². The Labute approximate surface area is 245 Å². The minimum atomic E-state index is -4.24. The molecule has 0 spiro atoms. The van der Waals surface area contributed by atoms with E-state index in [0.717, 1.165) is 4.31 Å². The summed E-state index contributed by atoms with van der Waals surface area (Å²) in [6, 6.07) is 18.2. The van der Waals surface area contributed by atoms with Crippen molar-refractivity contribution in [1.29, 1.82) is 0 Å². The van der Waals surface area contributed by atoms with Gasteiger partial charge in [-0.1, -0.05) is 53.5 Å². The summed E-state index contributed by atoms with van der Waals surface area (Å²) in [5.41, 5.74) is 0.233. The van der Waals surface area contributed by atoms with Crippen molar-refractivity contribution in [2.75, 3.05) is 18.0 Å². The van der Waals surface area contributed by atoms with Gasteiger partial charge in [-0.25, -0.2) is 8.42 Å². The Morgan fingerprint density at radius 2 is 1.65 bits per heavy atom. The van der Waals surface area contributed by atoms with E-state index >= 15 is 0 Å². The average molecular weight is 607 g/mol. The molecule has 0 saturated heterocycles. The lowest BCUT2D eigenvalue weighted by Crippen LogP contribution is -2.54. The second-order valence-electron chi connectivity index (χ2n) is 10.2. The van der Waals surface area contributed by atoms with Gasteiger partial charge in [-0.15, -0.1) is 0 Å². The van der Waals surface area contributed by atoms with Gasteiger partial charge in [0.25, 0.3) is 10.0 Å². The van der Waals surface area contributed by atoms with Crippen molar-refractivity contribution in [3.05, 3.63) is 88.4 Å². The number of benzene rings is 3. The third-order valence-electron chi connectivity index (χ3n) is 5.94. The summed E-state index contributed by atoms with van der Waals surface area (Å²) in [5, 5.41) is 3.26. The fourth-order valence-electron chi connectivity index (χ4n) is 3.94. The summed E-state index contributed by atoms with van der Waals surface area (Å²) in [6.07, 6.45) is 0. The number of carbonyl (C=O) groups is 2. The van der Waals surface area contributed by atoms with Crippen LogP contribution in [0.3, 0.4) is 0 Å². The molecular weight excluding hydrogens is 573 g/mol. The Bertz CT molecular complexity index is 1460. The Hall–Kier alpha value is -3.27. The van der Waals surface area contributed by atoms with Crippen LogP contribution in [0, 0.1) is 0 Å². The molecule has 0 aliphatic heterocycles. The van der Waals surface area contributed by atoms with E-state index in [1.165, 1.54) is 42.3 Å². The first-order valence-electron chi connectivity index (χ1n) is 12.5. The SMILES string of the molecule is COc1cccc(CN(C(=O)CN(c2ccc(Cl)cc2Cl)S(=O)(=O)c2ccccc2)[C@@H](C)C(=O)NC(C)(C)C)c1. The van der Waals surface area contributed by atoms with Crippen LogP contribution in [-0.4, -0.2) is 50.4 Å². The Balaban J connectivity index is 2.07. The molecular formula is C29H33Cl2N3O5S. The second-order valence-corrected chi connectivity index (χ2v) is 12.9. The van der Waals surface area contributed by atoms with Gasteiger partial charge in [0.2, 0.25) is 11.8 Å². The highest BCUT2D eigenvalue weighted by molar-refractivity contribution is 7.92. The van der Waals surface area contributed by atoms with Crippen molar-refractivity contribution >= 4 is 50.7 Å². The zero-order chi connectivity index (χ0) is 29.7. The van der Waals surface area contributed by atoms with E-state index in [-0.39, 0.29) is 28.1 Å². The minimum absolute atomic E-state index is 0.0216. The number of rotatable bonds is 10. The number of amides is 2. The molecule has 0 unspecified atom stereocenters. The summed E-state index contributed by atoms with van der Waals surface area (Å²) in [5.74, 6) is -0.409. The van der Waals surface area contributed by atoms with Crippen LogP contribution in [0.5, 0.6) is 5.75 Å². The highest BCUT2D eigenvalue weighted by Crippen LogP contribution is 2.33. The van der Waals surface area contributed by atoms with Gasteiger partial charge in [-0.3, -0.25) is 13.9 Å². The monoisotopic (exact) mass is 605 g/mol. The number of sulfonamides is 1. The number of anilines is 1. The Morgan fingerprint density at radius 1 is 0.975 bits per heavy atom. The predicted octanol–water partition coefficient (Wildman–Crippen LogP) is 5.53. The Morgan fingerprint density at radius 3 is 2.25 bits per heavy atom. The van der Waals surface area contributed by atoms with Crippen molar-refractivity contribution in [2.24, 2.45) is 0 Å². The van der Waals surface area contributed by atoms with Gasteiger partial charge >= 0.3 is 0 Å². The summed E-state index contributed by atoms with van der Waals surface area (Å²) in [7, 11) is -2.71. The molecule has 40 heavy (non-hydrogen) atoms. The third-order valence-corrected chi connectivity index (χ3v) is 8.25. The van der Waals surface area contributed by atoms with Gasteiger partial charge in [0.15, 0.2) is 0 Å². The maximum atomic E-state index is 14.0. The zero-order valence-corrected chi connectivity index (χ0v) is 25.3. The van der Waals surface area contributed by atoms with Gasteiger partial charge in [0.05, 0.1) is 22.7 Å². The van der Waals surface area contributed by atoms with Crippen LogP contribution < -0.4 is 14.4 Å². The van der Waals surface area contributed by atoms with Gasteiger partial charge in [0, 0.05) is 17.1 Å². The summed E-state index contributed by atoms with van der Waals surface area (Å²) >= 11 is 12.5. The lowest BCUT2D eigenvalue weighted by atomic mass is 10.1. The van der Waals surface area contributed by atoms with E-state index in [1.807, 2.05) is 20.8 Å². The quantitative estimate of drug-likeness (QED) is 0.328. The Kier molecular flexibility index (Phi) is 10.1. The molecule has 0 fully saturated rings. The van der Waals surface area contributed by atoms with E-state index in [9.17, 15) is 18.0 Å². The standard InChI is InChI=1S/C29H33Cl2N3O5S/c1-20(28(36)32-29(2,3)4)33(18-21-10-9-11-23(16-21)39-5)27(35)19-34(26-15-14-22(30)17-25(26)31)40(37,38)24-12-7-6-8-13-24/h6-17,20H,18-19H2,1-5H3,(H,32,36)/t20-/m0/s1. The number of nitrogens with zero attached hydrogens (tertiary/aromatic N) is 2. The number of hydrogen-bond acceptors (Lipinski definition) is 5. The molecule has 0 aliphatic rings. The largest absolute Gasteiger partial charge is 0.497 e. The normalized spacial score (nSPS) is 12.4. The maximum Gasteiger partial charge on any atom is 0.264 e. The fourth-order valence-corrected chi connectivity index (χ4v) is 5.96. The molecule has 214 valence electrons. The van der Waals surface area contributed by atoms with Crippen LogP contribution in [0.1, 0.15) is 33.3 Å². The van der Waals surface area contributed by atoms with Crippen LogP contribution in [0.25, 0.3) is 0 Å². The number of nitrogens with one attached hydrogen (secondary N) is 1. The van der Waals surface area contributed by atoms with Gasteiger partial charge in [-0.2, -0.15) is 0 Å². The van der Waals surface area contributed by atoms with Gasteiger partial charge in [-0.05, 0) is 75.7 Å². The molecule has 8 nitrogen and oxygen atoms in total. The van der Waals surface area contributed by atoms with Crippen molar-refractivity contribution in [1.82, 2.24) is 10.2 Å². The first-order chi connectivity index (χ1) is 18.7. The van der Waals surface area contributed by atoms with Crippen LogP contribution in [0.4, 0.5) is 5.69 Å². The molecule has 0 radical (unpaired) electrons. The molecule has 11 heteroatoms. The first kappa shape index (κ1) is 31.3. The van der Waals surface area contributed by atoms with Crippen LogP contribution in [0.15, 0.2) is 77.7 Å². The van der Waals surface area contributed by atoms with Crippen molar-refractivity contribution < 1.29 is 22.7 Å². The van der Waals surface area contributed by atoms with Crippen molar-refractivity contribution in [2.45, 2.75) is 50.7 Å². The van der Waals surface area contributed by atoms with Crippen LogP contribution in [0.2, 0.25) is 10.0 Å². The highest BCUT2D eigenvalue weighted by Gasteiger charge is 2.34. The average Bonchev–Trinajstić information content (AvgIpc) is 2.90. The van der Waals surface area contributed by atoms with E-state index in [0.29, 0.717) is 16.3 Å². The lowest BCUT2D eigenvalue weighted by Gasteiger charge is -2.33. The van der Waals surface area contributed by atoms with Crippen molar-refractivity contribution in [3.8, 4) is 5.75 Å². The molecule has 1 N–H and O–H groups in total. The minimum Gasteiger partial charge on any atom is -0.497 e. The summed E-state index contributed by atoms with van der Waals surface area (Å²) < 4.78 is 33.9. The highest BCUT2D eigenvalue weighted by atomic mass is 35.5. The van der Waals surface area contributed by atoms with E-state index in [1.54, 1.807) is 49.4 Å². The third kappa shape index (κ3) is 7.90. The topological polar surface area (TPSA) is 96.0 Å². The second kappa shape index (κ2) is 12.9. The van der Waals surface area contributed by atoms with Crippen LogP contribution in [-0.2, 0) is 26.2 Å². The number of halogens is 2. The number of hydrogen-bond donors (Lipinski definition) is 1. The molecule has 0 saturated carbocycles. The molecule has 3 aromatic rings. The number of methoxy groups -OCH3 is 1. The molecule has 3 rings (SSSR count). The van der Waals surface area contributed by atoms with Crippen molar-refractivity contribution in [3.63, 3.8) is 0 Å². The molecule has 3 aromatic carbocycles. The number of ether oxygens (including phenoxy) is 1. The molecule has 0 aliphatic carbocycles. The van der Waals surface area contributed by atoms with E-state index in [2.05, 4.69) is 5.32 Å². The molecule has 0 aromatic heterocycles. The van der Waals surface area contributed by atoms with Gasteiger partial charge < -0.3 is 15.0 Å².